The Morgan fingerprint density at radius 3 is 2.72 bits per heavy atom. The molecule has 0 unspecified atom stereocenters. The number of aromatic nitrogens is 1. The molecule has 0 radical (unpaired) electrons. The van der Waals surface area contributed by atoms with Gasteiger partial charge in [-0.3, -0.25) is 4.79 Å². The van der Waals surface area contributed by atoms with Crippen molar-refractivity contribution in [2.45, 2.75) is 25.6 Å². The van der Waals surface area contributed by atoms with E-state index in [1.807, 2.05) is 19.1 Å². The molecule has 7 heteroatoms. The predicted octanol–water partition coefficient (Wildman–Crippen LogP) is 3.70. The van der Waals surface area contributed by atoms with Gasteiger partial charge in [-0.1, -0.05) is 12.1 Å². The summed E-state index contributed by atoms with van der Waals surface area (Å²) in [5.74, 6) is 0.0627. The second-order valence-corrected chi connectivity index (χ2v) is 5.98. The molecular weight excluding hydrogens is 333 g/mol. The Morgan fingerprint density at radius 1 is 1.24 bits per heavy atom. The number of hydrogen-bond donors (Lipinski definition) is 0. The Balaban J connectivity index is 1.66. The van der Waals surface area contributed by atoms with Crippen molar-refractivity contribution in [1.29, 1.82) is 0 Å². The molecule has 0 aliphatic carbocycles. The summed E-state index contributed by atoms with van der Waals surface area (Å²) < 4.78 is 44.1. The summed E-state index contributed by atoms with van der Waals surface area (Å²) in [6.45, 7) is 2.61. The normalized spacial score (nSPS) is 17.6. The Kier molecular flexibility index (Phi) is 4.65. The minimum Gasteiger partial charge on any atom is -0.472 e. The maximum atomic E-state index is 12.8. The first-order valence-electron chi connectivity index (χ1n) is 7.90. The van der Waals surface area contributed by atoms with E-state index in [-0.39, 0.29) is 11.7 Å². The average molecular weight is 350 g/mol. The molecule has 1 aromatic carbocycles. The van der Waals surface area contributed by atoms with Gasteiger partial charge in [0.25, 0.3) is 5.91 Å². The number of carbonyl (C=O) groups is 1. The summed E-state index contributed by atoms with van der Waals surface area (Å²) in [4.78, 5) is 18.2. The van der Waals surface area contributed by atoms with Gasteiger partial charge in [-0.25, -0.2) is 4.98 Å². The highest BCUT2D eigenvalue weighted by Gasteiger charge is 2.33. The van der Waals surface area contributed by atoms with Crippen LogP contribution in [-0.2, 0) is 6.18 Å². The van der Waals surface area contributed by atoms with Crippen LogP contribution in [0.2, 0.25) is 0 Å². The monoisotopic (exact) mass is 350 g/mol. The van der Waals surface area contributed by atoms with Crippen molar-refractivity contribution in [2.75, 3.05) is 13.1 Å². The summed E-state index contributed by atoms with van der Waals surface area (Å²) in [6.07, 6.45) is -4.08. The van der Waals surface area contributed by atoms with Crippen molar-refractivity contribution in [3.63, 3.8) is 0 Å². The average Bonchev–Trinajstić information content (AvgIpc) is 3.02. The molecule has 1 atom stereocenters. The molecule has 1 aliphatic heterocycles. The van der Waals surface area contributed by atoms with E-state index in [1.165, 1.54) is 17.0 Å². The summed E-state index contributed by atoms with van der Waals surface area (Å²) in [7, 11) is 0. The smallest absolute Gasteiger partial charge is 0.416 e. The Morgan fingerprint density at radius 2 is 2.00 bits per heavy atom. The van der Waals surface area contributed by atoms with E-state index in [2.05, 4.69) is 4.98 Å². The van der Waals surface area contributed by atoms with Crippen molar-refractivity contribution in [2.24, 2.45) is 0 Å². The van der Waals surface area contributed by atoms with Gasteiger partial charge in [0.2, 0.25) is 5.88 Å². The molecule has 1 aliphatic rings. The van der Waals surface area contributed by atoms with Crippen LogP contribution in [0.25, 0.3) is 0 Å². The van der Waals surface area contributed by atoms with Crippen molar-refractivity contribution >= 4 is 5.91 Å². The van der Waals surface area contributed by atoms with Crippen LogP contribution in [0.15, 0.2) is 42.5 Å². The van der Waals surface area contributed by atoms with Crippen LogP contribution in [0.5, 0.6) is 5.88 Å². The van der Waals surface area contributed by atoms with Crippen LogP contribution in [0, 0.1) is 6.92 Å². The van der Waals surface area contributed by atoms with Gasteiger partial charge in [0.05, 0.1) is 12.1 Å². The van der Waals surface area contributed by atoms with Crippen molar-refractivity contribution in [3.05, 3.63) is 59.3 Å². The number of alkyl halides is 3. The molecule has 0 bridgehead atoms. The number of halogens is 3. The zero-order chi connectivity index (χ0) is 18.0. The number of pyridine rings is 1. The van der Waals surface area contributed by atoms with Crippen LogP contribution >= 0.6 is 0 Å². The number of carbonyl (C=O) groups excluding carboxylic acids is 1. The molecule has 1 fully saturated rings. The quantitative estimate of drug-likeness (QED) is 0.848. The Hall–Kier alpha value is -2.57. The topological polar surface area (TPSA) is 42.4 Å². The first-order chi connectivity index (χ1) is 11.8. The summed E-state index contributed by atoms with van der Waals surface area (Å²) in [6, 6.07) is 9.91. The molecule has 0 N–H and O–H groups in total. The lowest BCUT2D eigenvalue weighted by Gasteiger charge is -2.18. The number of likely N-dealkylation sites (tertiary alicyclic amines) is 1. The van der Waals surface area contributed by atoms with Crippen molar-refractivity contribution < 1.29 is 22.7 Å². The zero-order valence-corrected chi connectivity index (χ0v) is 13.6. The van der Waals surface area contributed by atoms with E-state index < -0.39 is 17.6 Å². The van der Waals surface area contributed by atoms with Crippen molar-refractivity contribution in [3.8, 4) is 5.88 Å². The number of aryl methyl sites for hydroxylation is 1. The fourth-order valence-electron chi connectivity index (χ4n) is 2.77. The third-order valence-electron chi connectivity index (χ3n) is 4.02. The van der Waals surface area contributed by atoms with Gasteiger partial charge in [-0.2, -0.15) is 13.2 Å². The molecule has 25 heavy (non-hydrogen) atoms. The molecule has 1 amide bonds. The third-order valence-corrected chi connectivity index (χ3v) is 4.02. The summed E-state index contributed by atoms with van der Waals surface area (Å²) in [5, 5.41) is 0. The lowest BCUT2D eigenvalue weighted by atomic mass is 10.1. The van der Waals surface area contributed by atoms with E-state index in [0.717, 1.165) is 17.8 Å². The predicted molar refractivity (Wildman–Crippen MR) is 85.4 cm³/mol. The fourth-order valence-corrected chi connectivity index (χ4v) is 2.77. The fraction of sp³-hybridized carbons (Fsp3) is 0.333. The van der Waals surface area contributed by atoms with Gasteiger partial charge in [-0.05, 0) is 31.2 Å². The lowest BCUT2D eigenvalue weighted by molar-refractivity contribution is -0.137. The maximum absolute atomic E-state index is 12.8. The van der Waals surface area contributed by atoms with Gasteiger partial charge in [0.15, 0.2) is 0 Å². The van der Waals surface area contributed by atoms with E-state index in [9.17, 15) is 18.0 Å². The van der Waals surface area contributed by atoms with Crippen LogP contribution in [0.3, 0.4) is 0 Å². The number of nitrogens with zero attached hydrogens (tertiary/aromatic N) is 2. The van der Waals surface area contributed by atoms with Gasteiger partial charge in [-0.15, -0.1) is 0 Å². The molecule has 1 saturated heterocycles. The number of benzene rings is 1. The van der Waals surface area contributed by atoms with E-state index in [4.69, 9.17) is 4.74 Å². The highest BCUT2D eigenvalue weighted by Crippen LogP contribution is 2.30. The van der Waals surface area contributed by atoms with Gasteiger partial charge < -0.3 is 9.64 Å². The molecular formula is C18H17F3N2O2. The van der Waals surface area contributed by atoms with Gasteiger partial charge >= 0.3 is 6.18 Å². The van der Waals surface area contributed by atoms with Crippen LogP contribution in [-0.4, -0.2) is 35.0 Å². The van der Waals surface area contributed by atoms with Gasteiger partial charge in [0.1, 0.15) is 6.10 Å². The molecule has 4 nitrogen and oxygen atoms in total. The molecule has 3 rings (SSSR count). The van der Waals surface area contributed by atoms with Crippen molar-refractivity contribution in [1.82, 2.24) is 9.88 Å². The third kappa shape index (κ3) is 4.10. The zero-order valence-electron chi connectivity index (χ0n) is 13.6. The SMILES string of the molecule is Cc1cccc(O[C@@H]2CCN(C(=O)c3cccc(C(F)(F)F)c3)C2)n1. The molecule has 0 saturated carbocycles. The standard InChI is InChI=1S/C18H17F3N2O2/c1-12-4-2-7-16(22-12)25-15-8-9-23(11-15)17(24)13-5-3-6-14(10-13)18(19,20)21/h2-7,10,15H,8-9,11H2,1H3/t15-/m1/s1. The molecule has 2 heterocycles. The number of ether oxygens (including phenoxy) is 1. The highest BCUT2D eigenvalue weighted by molar-refractivity contribution is 5.94. The second-order valence-electron chi connectivity index (χ2n) is 5.98. The Labute approximate surface area is 143 Å². The number of amides is 1. The molecule has 1 aromatic heterocycles. The first-order valence-corrected chi connectivity index (χ1v) is 7.90. The maximum Gasteiger partial charge on any atom is 0.416 e. The molecule has 132 valence electrons. The Bertz CT molecular complexity index is 777. The van der Waals surface area contributed by atoms with Crippen LogP contribution < -0.4 is 4.74 Å². The summed E-state index contributed by atoms with van der Waals surface area (Å²) >= 11 is 0. The number of rotatable bonds is 3. The first kappa shape index (κ1) is 17.3. The van der Waals surface area contributed by atoms with E-state index in [0.29, 0.717) is 25.4 Å². The van der Waals surface area contributed by atoms with Crippen LogP contribution in [0.1, 0.15) is 28.0 Å². The molecule has 2 aromatic rings. The van der Waals surface area contributed by atoms with Crippen LogP contribution in [0.4, 0.5) is 13.2 Å². The number of hydrogen-bond acceptors (Lipinski definition) is 3. The summed E-state index contributed by atoms with van der Waals surface area (Å²) in [5.41, 5.74) is 0.0332. The largest absolute Gasteiger partial charge is 0.472 e. The minimum atomic E-state index is -4.47. The van der Waals surface area contributed by atoms with E-state index in [1.54, 1.807) is 6.07 Å². The molecule has 0 spiro atoms. The lowest BCUT2D eigenvalue weighted by Crippen LogP contribution is -2.31. The van der Waals surface area contributed by atoms with Gasteiger partial charge in [0, 0.05) is 30.3 Å². The highest BCUT2D eigenvalue weighted by atomic mass is 19.4. The minimum absolute atomic E-state index is 0.0316. The second kappa shape index (κ2) is 6.74. The van der Waals surface area contributed by atoms with E-state index >= 15 is 0 Å².